The molecule has 0 unspecified atom stereocenters. The molecule has 1 aliphatic rings. The van der Waals surface area contributed by atoms with Crippen LogP contribution in [0.4, 0.5) is 11.5 Å². The SMILES string of the molecule is C[C@H](CN[C@@H](C(=O)Nc1ccc(N2CC(=O)N(C)C[C@@H]2C)cn1)c1ccccc1)c1ccc(C#N)cc1. The first kappa shape index (κ1) is 25.9. The van der Waals surface area contributed by atoms with E-state index in [9.17, 15) is 9.59 Å². The molecule has 0 radical (unpaired) electrons. The number of rotatable bonds is 8. The zero-order chi connectivity index (χ0) is 26.4. The number of anilines is 2. The molecule has 0 spiro atoms. The highest BCUT2D eigenvalue weighted by Gasteiger charge is 2.27. The number of likely N-dealkylation sites (N-methyl/N-ethyl adjacent to an activating group) is 1. The van der Waals surface area contributed by atoms with Crippen LogP contribution in [0.15, 0.2) is 72.9 Å². The summed E-state index contributed by atoms with van der Waals surface area (Å²) in [6.07, 6.45) is 1.70. The van der Waals surface area contributed by atoms with Crippen molar-refractivity contribution in [1.29, 1.82) is 5.26 Å². The van der Waals surface area contributed by atoms with Gasteiger partial charge in [-0.15, -0.1) is 0 Å². The molecule has 2 heterocycles. The van der Waals surface area contributed by atoms with E-state index in [1.54, 1.807) is 29.3 Å². The number of nitrogens with zero attached hydrogens (tertiary/aromatic N) is 4. The molecule has 2 N–H and O–H groups in total. The number of aromatic nitrogens is 1. The number of nitrogens with one attached hydrogen (secondary N) is 2. The summed E-state index contributed by atoms with van der Waals surface area (Å²) in [6, 6.07) is 22.5. The van der Waals surface area contributed by atoms with Crippen LogP contribution in [-0.2, 0) is 9.59 Å². The fraction of sp³-hybridized carbons (Fsp3) is 0.310. The number of carbonyl (C=O) groups excluding carboxylic acids is 2. The fourth-order valence-electron chi connectivity index (χ4n) is 4.50. The molecule has 4 rings (SSSR count). The van der Waals surface area contributed by atoms with Crippen molar-refractivity contribution in [3.8, 4) is 6.07 Å². The van der Waals surface area contributed by atoms with Crippen molar-refractivity contribution >= 4 is 23.3 Å². The molecule has 37 heavy (non-hydrogen) atoms. The van der Waals surface area contributed by atoms with Crippen LogP contribution >= 0.6 is 0 Å². The molecule has 2 amide bonds. The lowest BCUT2D eigenvalue weighted by molar-refractivity contribution is -0.130. The Bertz CT molecular complexity index is 1250. The van der Waals surface area contributed by atoms with Crippen molar-refractivity contribution in [2.45, 2.75) is 31.8 Å². The second kappa shape index (κ2) is 11.7. The Morgan fingerprint density at radius 3 is 2.49 bits per heavy atom. The minimum Gasteiger partial charge on any atom is -0.356 e. The van der Waals surface area contributed by atoms with Crippen molar-refractivity contribution in [2.24, 2.45) is 0 Å². The number of hydrogen-bond donors (Lipinski definition) is 2. The van der Waals surface area contributed by atoms with Crippen LogP contribution < -0.4 is 15.5 Å². The van der Waals surface area contributed by atoms with E-state index in [1.165, 1.54) is 0 Å². The maximum absolute atomic E-state index is 13.4. The number of nitriles is 1. The summed E-state index contributed by atoms with van der Waals surface area (Å²) in [4.78, 5) is 33.7. The quantitative estimate of drug-likeness (QED) is 0.493. The highest BCUT2D eigenvalue weighted by Crippen LogP contribution is 2.23. The Morgan fingerprint density at radius 2 is 1.84 bits per heavy atom. The van der Waals surface area contributed by atoms with Crippen LogP contribution in [0, 0.1) is 11.3 Å². The summed E-state index contributed by atoms with van der Waals surface area (Å²) in [5.41, 5.74) is 3.42. The average molecular weight is 497 g/mol. The smallest absolute Gasteiger partial charge is 0.247 e. The lowest BCUT2D eigenvalue weighted by atomic mass is 9.98. The summed E-state index contributed by atoms with van der Waals surface area (Å²) in [7, 11) is 1.81. The molecule has 0 aliphatic carbocycles. The number of piperazine rings is 1. The molecule has 3 atom stereocenters. The summed E-state index contributed by atoms with van der Waals surface area (Å²) >= 11 is 0. The van der Waals surface area contributed by atoms with Gasteiger partial charge in [0.05, 0.1) is 30.1 Å². The molecule has 0 bridgehead atoms. The molecular weight excluding hydrogens is 464 g/mol. The highest BCUT2D eigenvalue weighted by atomic mass is 16.2. The largest absolute Gasteiger partial charge is 0.356 e. The van der Waals surface area contributed by atoms with Crippen molar-refractivity contribution in [3.05, 3.63) is 89.6 Å². The number of pyridine rings is 1. The van der Waals surface area contributed by atoms with E-state index in [1.807, 2.05) is 60.5 Å². The first-order valence-corrected chi connectivity index (χ1v) is 12.4. The first-order chi connectivity index (χ1) is 17.9. The molecule has 1 fully saturated rings. The van der Waals surface area contributed by atoms with Gasteiger partial charge >= 0.3 is 0 Å². The standard InChI is InChI=1S/C29H32N6O2/c1-20(23-11-9-22(15-30)10-12-23)16-32-28(24-7-5-4-6-8-24)29(37)33-26-14-13-25(17-31-26)35-19-27(36)34(3)18-21(35)2/h4-14,17,20-21,28,32H,16,18-19H2,1-3H3,(H,31,33,37)/t20-,21+,28-/m1/s1. The zero-order valence-corrected chi connectivity index (χ0v) is 21.4. The maximum Gasteiger partial charge on any atom is 0.247 e. The minimum atomic E-state index is -0.571. The van der Waals surface area contributed by atoms with E-state index in [4.69, 9.17) is 5.26 Å². The lowest BCUT2D eigenvalue weighted by Gasteiger charge is -2.39. The minimum absolute atomic E-state index is 0.0718. The van der Waals surface area contributed by atoms with Gasteiger partial charge < -0.3 is 20.4 Å². The fourth-order valence-corrected chi connectivity index (χ4v) is 4.50. The third-order valence-corrected chi connectivity index (χ3v) is 6.76. The van der Waals surface area contributed by atoms with Crippen LogP contribution in [0.2, 0.25) is 0 Å². The van der Waals surface area contributed by atoms with E-state index in [0.29, 0.717) is 31.0 Å². The number of carbonyl (C=O) groups is 2. The second-order valence-corrected chi connectivity index (χ2v) is 9.53. The Balaban J connectivity index is 1.44. The molecule has 0 saturated carbocycles. The molecule has 1 saturated heterocycles. The van der Waals surface area contributed by atoms with Gasteiger partial charge in [-0.3, -0.25) is 9.59 Å². The molecule has 3 aromatic rings. The Morgan fingerprint density at radius 1 is 1.11 bits per heavy atom. The van der Waals surface area contributed by atoms with Gasteiger partial charge in [-0.1, -0.05) is 49.4 Å². The Labute approximate surface area is 217 Å². The summed E-state index contributed by atoms with van der Waals surface area (Å²) in [5, 5.41) is 15.4. The normalized spacial score (nSPS) is 17.1. The van der Waals surface area contributed by atoms with Crippen molar-refractivity contribution in [2.75, 3.05) is 36.9 Å². The van der Waals surface area contributed by atoms with E-state index in [-0.39, 0.29) is 23.8 Å². The summed E-state index contributed by atoms with van der Waals surface area (Å²) in [5.74, 6) is 0.450. The topological polar surface area (TPSA) is 101 Å². The van der Waals surface area contributed by atoms with Gasteiger partial charge in [0.2, 0.25) is 11.8 Å². The Kier molecular flexibility index (Phi) is 8.16. The van der Waals surface area contributed by atoms with Crippen LogP contribution in [-0.4, -0.2) is 54.4 Å². The van der Waals surface area contributed by atoms with Gasteiger partial charge in [-0.25, -0.2) is 4.98 Å². The van der Waals surface area contributed by atoms with Gasteiger partial charge in [-0.05, 0) is 48.2 Å². The van der Waals surface area contributed by atoms with E-state index in [2.05, 4.69) is 35.5 Å². The van der Waals surface area contributed by atoms with Crippen molar-refractivity contribution in [1.82, 2.24) is 15.2 Å². The number of amides is 2. The summed E-state index contributed by atoms with van der Waals surface area (Å²) < 4.78 is 0. The molecule has 1 aromatic heterocycles. The van der Waals surface area contributed by atoms with Crippen molar-refractivity contribution in [3.63, 3.8) is 0 Å². The number of benzene rings is 2. The molecule has 2 aromatic carbocycles. The first-order valence-electron chi connectivity index (χ1n) is 12.4. The maximum atomic E-state index is 13.4. The van der Waals surface area contributed by atoms with Crippen LogP contribution in [0.25, 0.3) is 0 Å². The van der Waals surface area contributed by atoms with E-state index in [0.717, 1.165) is 16.8 Å². The Hall–Kier alpha value is -4.22. The number of hydrogen-bond acceptors (Lipinski definition) is 6. The van der Waals surface area contributed by atoms with Gasteiger partial charge in [-0.2, -0.15) is 5.26 Å². The monoisotopic (exact) mass is 496 g/mol. The van der Waals surface area contributed by atoms with Gasteiger partial charge in [0.1, 0.15) is 11.9 Å². The van der Waals surface area contributed by atoms with Gasteiger partial charge in [0.15, 0.2) is 0 Å². The predicted molar refractivity (Wildman–Crippen MR) is 144 cm³/mol. The third kappa shape index (κ3) is 6.32. The molecule has 8 nitrogen and oxygen atoms in total. The van der Waals surface area contributed by atoms with Crippen LogP contribution in [0.5, 0.6) is 0 Å². The average Bonchev–Trinajstić information content (AvgIpc) is 2.92. The molecular formula is C29H32N6O2. The van der Waals surface area contributed by atoms with Crippen LogP contribution in [0.1, 0.15) is 42.5 Å². The van der Waals surface area contributed by atoms with Gasteiger partial charge in [0, 0.05) is 26.2 Å². The van der Waals surface area contributed by atoms with Gasteiger partial charge in [0.25, 0.3) is 0 Å². The highest BCUT2D eigenvalue weighted by molar-refractivity contribution is 5.95. The molecule has 190 valence electrons. The zero-order valence-electron chi connectivity index (χ0n) is 21.4. The summed E-state index contributed by atoms with van der Waals surface area (Å²) in [6.45, 7) is 5.69. The lowest BCUT2D eigenvalue weighted by Crippen LogP contribution is -2.53. The third-order valence-electron chi connectivity index (χ3n) is 6.76. The molecule has 8 heteroatoms. The molecule has 1 aliphatic heterocycles. The predicted octanol–water partition coefficient (Wildman–Crippen LogP) is 3.69. The van der Waals surface area contributed by atoms with Crippen LogP contribution in [0.3, 0.4) is 0 Å². The van der Waals surface area contributed by atoms with E-state index < -0.39 is 6.04 Å². The van der Waals surface area contributed by atoms with E-state index >= 15 is 0 Å². The van der Waals surface area contributed by atoms with Crippen molar-refractivity contribution < 1.29 is 9.59 Å². The second-order valence-electron chi connectivity index (χ2n) is 9.53.